The van der Waals surface area contributed by atoms with Crippen LogP contribution in [0.4, 0.5) is 0 Å². The van der Waals surface area contributed by atoms with Gasteiger partial charge in [-0.15, -0.1) is 0 Å². The van der Waals surface area contributed by atoms with E-state index in [0.717, 1.165) is 21.1 Å². The molecular weight excluding hydrogens is 216 g/mol. The van der Waals surface area contributed by atoms with Gasteiger partial charge in [0.1, 0.15) is 4.64 Å². The zero-order valence-electron chi connectivity index (χ0n) is 8.84. The minimum absolute atomic E-state index is 0.825. The van der Waals surface area contributed by atoms with Crippen molar-refractivity contribution >= 4 is 34.0 Å². The summed E-state index contributed by atoms with van der Waals surface area (Å²) in [6, 6.07) is 12.2. The topological polar surface area (TPSA) is 17.8 Å². The molecule has 0 spiro atoms. The molecule has 16 heavy (non-hydrogen) atoms. The molecule has 0 amide bonds. The number of fused-ring (bicyclic) bond motifs is 3. The molecule has 3 aromatic rings. The second kappa shape index (κ2) is 3.39. The van der Waals surface area contributed by atoms with Crippen LogP contribution in [0.2, 0.25) is 0 Å². The first-order chi connectivity index (χ1) is 7.77. The van der Waals surface area contributed by atoms with Crippen molar-refractivity contribution in [1.82, 2.24) is 9.55 Å². The highest BCUT2D eigenvalue weighted by Crippen LogP contribution is 2.22. The van der Waals surface area contributed by atoms with E-state index in [9.17, 15) is 0 Å². The van der Waals surface area contributed by atoms with E-state index in [1.807, 2.05) is 36.0 Å². The smallest absolute Gasteiger partial charge is 0.106 e. The van der Waals surface area contributed by atoms with Gasteiger partial charge in [0.05, 0.1) is 11.0 Å². The molecule has 2 aromatic heterocycles. The molecule has 3 heteroatoms. The summed E-state index contributed by atoms with van der Waals surface area (Å²) in [6.07, 6.45) is 1.82. The summed E-state index contributed by atoms with van der Waals surface area (Å²) < 4.78 is 2.84. The van der Waals surface area contributed by atoms with Crippen molar-refractivity contribution in [2.45, 2.75) is 0 Å². The summed E-state index contributed by atoms with van der Waals surface area (Å²) in [6.45, 7) is 0. The predicted molar refractivity (Wildman–Crippen MR) is 69.1 cm³/mol. The normalized spacial score (nSPS) is 11.1. The van der Waals surface area contributed by atoms with Crippen LogP contribution in [0.15, 0.2) is 42.6 Å². The predicted octanol–water partition coefficient (Wildman–Crippen LogP) is 3.46. The third-order valence-corrected chi connectivity index (χ3v) is 3.26. The molecule has 2 heterocycles. The van der Waals surface area contributed by atoms with Crippen LogP contribution in [0, 0.1) is 4.64 Å². The second-order valence-electron chi connectivity index (χ2n) is 3.81. The van der Waals surface area contributed by atoms with Gasteiger partial charge in [-0.3, -0.25) is 4.98 Å². The van der Waals surface area contributed by atoms with Gasteiger partial charge in [-0.2, -0.15) is 0 Å². The van der Waals surface area contributed by atoms with Crippen LogP contribution in [0.1, 0.15) is 0 Å². The largest absolute Gasteiger partial charge is 0.333 e. The minimum Gasteiger partial charge on any atom is -0.333 e. The first-order valence-corrected chi connectivity index (χ1v) is 5.52. The number of rotatable bonds is 0. The zero-order chi connectivity index (χ0) is 11.1. The first-order valence-electron chi connectivity index (χ1n) is 5.11. The molecular formula is C13H10N2S. The fraction of sp³-hybridized carbons (Fsp3) is 0.0769. The average Bonchev–Trinajstić information content (AvgIpc) is 2.33. The third kappa shape index (κ3) is 1.25. The average molecular weight is 226 g/mol. The van der Waals surface area contributed by atoms with Crippen molar-refractivity contribution in [1.29, 1.82) is 0 Å². The van der Waals surface area contributed by atoms with E-state index in [-0.39, 0.29) is 0 Å². The lowest BCUT2D eigenvalue weighted by Gasteiger charge is -2.08. The van der Waals surface area contributed by atoms with Gasteiger partial charge >= 0.3 is 0 Å². The molecule has 0 unspecified atom stereocenters. The van der Waals surface area contributed by atoms with Gasteiger partial charge in [-0.1, -0.05) is 30.4 Å². The monoisotopic (exact) mass is 226 g/mol. The Morgan fingerprint density at radius 2 is 1.81 bits per heavy atom. The summed E-state index contributed by atoms with van der Waals surface area (Å²) in [7, 11) is 1.98. The second-order valence-corrected chi connectivity index (χ2v) is 4.23. The Kier molecular flexibility index (Phi) is 2.01. The molecule has 0 saturated heterocycles. The van der Waals surface area contributed by atoms with Gasteiger partial charge in [-0.25, -0.2) is 0 Å². The molecule has 0 atom stereocenters. The quantitative estimate of drug-likeness (QED) is 0.431. The van der Waals surface area contributed by atoms with Crippen molar-refractivity contribution in [2.75, 3.05) is 0 Å². The molecule has 0 N–H and O–H groups in total. The maximum absolute atomic E-state index is 5.28. The summed E-state index contributed by atoms with van der Waals surface area (Å²) >= 11 is 5.28. The summed E-state index contributed by atoms with van der Waals surface area (Å²) in [5, 5.41) is 2.31. The van der Waals surface area contributed by atoms with Crippen LogP contribution < -0.4 is 0 Å². The number of aromatic nitrogens is 2. The number of aryl methyl sites for hydroxylation is 1. The fourth-order valence-corrected chi connectivity index (χ4v) is 2.17. The number of hydrogen-bond donors (Lipinski definition) is 0. The molecule has 0 saturated carbocycles. The van der Waals surface area contributed by atoms with E-state index in [0.29, 0.717) is 0 Å². The Bertz CT molecular complexity index is 744. The van der Waals surface area contributed by atoms with E-state index in [1.165, 1.54) is 5.39 Å². The molecule has 0 aliphatic heterocycles. The van der Waals surface area contributed by atoms with E-state index in [1.54, 1.807) is 0 Å². The van der Waals surface area contributed by atoms with Crippen molar-refractivity contribution in [3.63, 3.8) is 0 Å². The number of pyridine rings is 2. The van der Waals surface area contributed by atoms with Gasteiger partial charge in [0.2, 0.25) is 0 Å². The number of nitrogens with zero attached hydrogens (tertiary/aromatic N) is 2. The lowest BCUT2D eigenvalue weighted by Crippen LogP contribution is -1.96. The molecule has 78 valence electrons. The van der Waals surface area contributed by atoms with E-state index in [2.05, 4.69) is 23.2 Å². The molecule has 3 rings (SSSR count). The molecule has 0 bridgehead atoms. The van der Waals surface area contributed by atoms with E-state index < -0.39 is 0 Å². The minimum atomic E-state index is 0.825. The highest BCUT2D eigenvalue weighted by Gasteiger charge is 2.03. The van der Waals surface area contributed by atoms with Crippen molar-refractivity contribution in [3.05, 3.63) is 47.2 Å². The van der Waals surface area contributed by atoms with E-state index >= 15 is 0 Å². The van der Waals surface area contributed by atoms with Gasteiger partial charge in [0.25, 0.3) is 0 Å². The zero-order valence-corrected chi connectivity index (χ0v) is 9.66. The lowest BCUT2D eigenvalue weighted by molar-refractivity contribution is 0.938. The Labute approximate surface area is 98.2 Å². The van der Waals surface area contributed by atoms with E-state index in [4.69, 9.17) is 12.2 Å². The Morgan fingerprint density at radius 1 is 1.06 bits per heavy atom. The standard InChI is InChI=1S/C13H10N2S/c1-15-11(16)7-6-10-5-4-9-3-2-8-14-12(9)13(10)15/h2-8H,1H3. The van der Waals surface area contributed by atoms with Crippen molar-refractivity contribution in [2.24, 2.45) is 7.05 Å². The highest BCUT2D eigenvalue weighted by molar-refractivity contribution is 7.71. The van der Waals surface area contributed by atoms with Crippen molar-refractivity contribution < 1.29 is 0 Å². The Balaban J connectivity index is 2.68. The maximum atomic E-state index is 5.28. The number of hydrogen-bond acceptors (Lipinski definition) is 2. The van der Waals surface area contributed by atoms with Gasteiger partial charge in [0.15, 0.2) is 0 Å². The Hall–Kier alpha value is -1.74. The maximum Gasteiger partial charge on any atom is 0.106 e. The van der Waals surface area contributed by atoms with Gasteiger partial charge in [0, 0.05) is 24.0 Å². The summed E-state index contributed by atoms with van der Waals surface area (Å²) in [4.78, 5) is 4.44. The van der Waals surface area contributed by atoms with Crippen LogP contribution in [0.5, 0.6) is 0 Å². The fourth-order valence-electron chi connectivity index (χ4n) is 2.02. The Morgan fingerprint density at radius 3 is 2.69 bits per heavy atom. The van der Waals surface area contributed by atoms with Crippen LogP contribution >= 0.6 is 12.2 Å². The van der Waals surface area contributed by atoms with Crippen LogP contribution in [0.25, 0.3) is 21.8 Å². The van der Waals surface area contributed by atoms with Gasteiger partial charge in [-0.05, 0) is 18.2 Å². The molecule has 0 fully saturated rings. The molecule has 0 aliphatic carbocycles. The van der Waals surface area contributed by atoms with Crippen LogP contribution in [0.3, 0.4) is 0 Å². The SMILES string of the molecule is Cn1c(=S)ccc2ccc3cccnc3c21. The molecule has 1 aromatic carbocycles. The lowest BCUT2D eigenvalue weighted by atomic mass is 10.1. The molecule has 0 radical (unpaired) electrons. The number of benzene rings is 1. The summed E-state index contributed by atoms with van der Waals surface area (Å²) in [5.41, 5.74) is 2.11. The molecule has 0 aliphatic rings. The van der Waals surface area contributed by atoms with Gasteiger partial charge < -0.3 is 4.57 Å². The third-order valence-electron chi connectivity index (χ3n) is 2.85. The van der Waals surface area contributed by atoms with Crippen molar-refractivity contribution in [3.8, 4) is 0 Å². The van der Waals surface area contributed by atoms with Crippen LogP contribution in [-0.2, 0) is 7.05 Å². The first kappa shape index (κ1) is 9.48. The highest BCUT2D eigenvalue weighted by atomic mass is 32.1. The van der Waals surface area contributed by atoms with Crippen LogP contribution in [-0.4, -0.2) is 9.55 Å². The summed E-state index contributed by atoms with van der Waals surface area (Å²) in [5.74, 6) is 0. The molecule has 2 nitrogen and oxygen atoms in total.